The molecule has 0 saturated carbocycles. The molecule has 3 rings (SSSR count). The highest BCUT2D eigenvalue weighted by Gasteiger charge is 2.51. The Morgan fingerprint density at radius 3 is 2.45 bits per heavy atom. The molecule has 1 aliphatic heterocycles. The van der Waals surface area contributed by atoms with Gasteiger partial charge >= 0.3 is 11.9 Å². The van der Waals surface area contributed by atoms with Gasteiger partial charge in [0, 0.05) is 35.0 Å². The highest BCUT2D eigenvalue weighted by atomic mass is 16.6. The smallest absolute Gasteiger partial charge is 0.303 e. The highest BCUT2D eigenvalue weighted by molar-refractivity contribution is 5.85. The van der Waals surface area contributed by atoms with Gasteiger partial charge in [0.1, 0.15) is 12.4 Å². The first kappa shape index (κ1) is 20.7. The van der Waals surface area contributed by atoms with Gasteiger partial charge in [-0.3, -0.25) is 14.2 Å². The quantitative estimate of drug-likeness (QED) is 0.608. The van der Waals surface area contributed by atoms with E-state index < -0.39 is 43.1 Å². The van der Waals surface area contributed by atoms with Crippen LogP contribution in [0.15, 0.2) is 6.33 Å². The van der Waals surface area contributed by atoms with Crippen molar-refractivity contribution in [3.63, 3.8) is 0 Å². The van der Waals surface area contributed by atoms with Crippen LogP contribution in [0.25, 0.3) is 11.2 Å². The summed E-state index contributed by atoms with van der Waals surface area (Å²) in [6, 6.07) is 0. The fourth-order valence-electron chi connectivity index (χ4n) is 3.34. The lowest BCUT2D eigenvalue weighted by molar-refractivity contribution is -0.165. The summed E-state index contributed by atoms with van der Waals surface area (Å²) in [4.78, 5) is 38.2. The SMILES string of the molecule is CNc1ncnc2c1nc(N(C)C)n2C1OC(CO)C(OC(C)=O)C1OC(C)=O. The van der Waals surface area contributed by atoms with Crippen molar-refractivity contribution in [2.75, 3.05) is 38.0 Å². The standard InChI is InChI=1S/C17H24N6O6/c1-8(25)27-12-10(6-24)29-16(13(12)28-9(2)26)23-15-11(21-17(23)22(4)5)14(18-3)19-7-20-15/h7,10,12-13,16,24H,6H2,1-5H3,(H,18,19,20). The van der Waals surface area contributed by atoms with Gasteiger partial charge in [-0.2, -0.15) is 0 Å². The number of nitrogens with zero attached hydrogens (tertiary/aromatic N) is 5. The number of fused-ring (bicyclic) bond motifs is 1. The number of carbonyl (C=O) groups excluding carboxylic acids is 2. The molecule has 29 heavy (non-hydrogen) atoms. The second-order valence-electron chi connectivity index (χ2n) is 6.72. The molecule has 2 aromatic rings. The first-order valence-corrected chi connectivity index (χ1v) is 8.97. The van der Waals surface area contributed by atoms with E-state index in [2.05, 4.69) is 20.3 Å². The number of imidazole rings is 1. The zero-order chi connectivity index (χ0) is 21.3. The number of aliphatic hydroxyl groups excluding tert-OH is 1. The zero-order valence-electron chi connectivity index (χ0n) is 16.8. The summed E-state index contributed by atoms with van der Waals surface area (Å²) in [7, 11) is 5.28. The monoisotopic (exact) mass is 408 g/mol. The third-order valence-corrected chi connectivity index (χ3v) is 4.42. The first-order chi connectivity index (χ1) is 13.8. The van der Waals surface area contributed by atoms with Gasteiger partial charge in [-0.1, -0.05) is 0 Å². The lowest BCUT2D eigenvalue weighted by Gasteiger charge is -2.25. The number of rotatable bonds is 6. The van der Waals surface area contributed by atoms with E-state index in [4.69, 9.17) is 14.2 Å². The lowest BCUT2D eigenvalue weighted by atomic mass is 10.1. The van der Waals surface area contributed by atoms with Crippen molar-refractivity contribution in [3.8, 4) is 0 Å². The molecule has 0 aliphatic carbocycles. The number of ether oxygens (including phenoxy) is 3. The minimum atomic E-state index is -1.02. The molecule has 0 amide bonds. The van der Waals surface area contributed by atoms with Crippen molar-refractivity contribution in [1.29, 1.82) is 0 Å². The van der Waals surface area contributed by atoms with Crippen LogP contribution in [0.3, 0.4) is 0 Å². The largest absolute Gasteiger partial charge is 0.456 e. The maximum absolute atomic E-state index is 11.8. The van der Waals surface area contributed by atoms with E-state index in [1.54, 1.807) is 30.6 Å². The van der Waals surface area contributed by atoms with Crippen LogP contribution >= 0.6 is 0 Å². The predicted molar refractivity (Wildman–Crippen MR) is 101 cm³/mol. The summed E-state index contributed by atoms with van der Waals surface area (Å²) in [5, 5.41) is 12.7. The topological polar surface area (TPSA) is 141 Å². The Hall–Kier alpha value is -2.99. The summed E-state index contributed by atoms with van der Waals surface area (Å²) in [5.41, 5.74) is 0.913. The minimum Gasteiger partial charge on any atom is -0.456 e. The van der Waals surface area contributed by atoms with E-state index in [-0.39, 0.29) is 0 Å². The molecule has 0 radical (unpaired) electrons. The zero-order valence-corrected chi connectivity index (χ0v) is 16.8. The molecule has 0 bridgehead atoms. The summed E-state index contributed by atoms with van der Waals surface area (Å²) in [6.45, 7) is 2.04. The predicted octanol–water partition coefficient (Wildman–Crippen LogP) is -0.313. The summed E-state index contributed by atoms with van der Waals surface area (Å²) in [6.07, 6.45) is -2.48. The molecule has 12 heteroatoms. The molecular formula is C17H24N6O6. The van der Waals surface area contributed by atoms with Gasteiger partial charge in [0.25, 0.3) is 0 Å². The summed E-state index contributed by atoms with van der Waals surface area (Å²) in [5.74, 6) is -0.202. The van der Waals surface area contributed by atoms with Crippen molar-refractivity contribution in [2.45, 2.75) is 38.4 Å². The van der Waals surface area contributed by atoms with E-state index in [0.29, 0.717) is 22.9 Å². The van der Waals surface area contributed by atoms with Crippen LogP contribution in [0.2, 0.25) is 0 Å². The average molecular weight is 408 g/mol. The van der Waals surface area contributed by atoms with Gasteiger partial charge in [0.05, 0.1) is 6.61 Å². The van der Waals surface area contributed by atoms with E-state index in [1.807, 2.05) is 0 Å². The van der Waals surface area contributed by atoms with Crippen LogP contribution in [-0.4, -0.2) is 82.6 Å². The molecule has 1 saturated heterocycles. The van der Waals surface area contributed by atoms with Gasteiger partial charge in [0.15, 0.2) is 35.4 Å². The molecule has 0 aromatic carbocycles. The fraction of sp³-hybridized carbons (Fsp3) is 0.588. The molecule has 1 aliphatic rings. The second-order valence-corrected chi connectivity index (χ2v) is 6.72. The average Bonchev–Trinajstić information content (AvgIpc) is 3.19. The van der Waals surface area contributed by atoms with Crippen LogP contribution < -0.4 is 10.2 Å². The summed E-state index contributed by atoms with van der Waals surface area (Å²) >= 11 is 0. The van der Waals surface area contributed by atoms with Gasteiger partial charge in [-0.05, 0) is 0 Å². The normalized spacial score (nSPS) is 23.8. The van der Waals surface area contributed by atoms with Gasteiger partial charge in [-0.25, -0.2) is 15.0 Å². The minimum absolute atomic E-state index is 0.426. The number of hydrogen-bond donors (Lipinski definition) is 2. The molecule has 12 nitrogen and oxygen atoms in total. The fourth-order valence-corrected chi connectivity index (χ4v) is 3.34. The van der Waals surface area contributed by atoms with Crippen molar-refractivity contribution >= 4 is 34.9 Å². The van der Waals surface area contributed by atoms with E-state index >= 15 is 0 Å². The third-order valence-electron chi connectivity index (χ3n) is 4.42. The first-order valence-electron chi connectivity index (χ1n) is 8.97. The van der Waals surface area contributed by atoms with E-state index in [0.717, 1.165) is 0 Å². The van der Waals surface area contributed by atoms with Gasteiger partial charge in [0.2, 0.25) is 5.95 Å². The van der Waals surface area contributed by atoms with Crippen molar-refractivity contribution in [2.24, 2.45) is 0 Å². The Labute approximate surface area is 166 Å². The molecule has 2 N–H and O–H groups in total. The van der Waals surface area contributed by atoms with Crippen LogP contribution in [0.4, 0.5) is 11.8 Å². The molecule has 3 heterocycles. The molecule has 1 fully saturated rings. The third kappa shape index (κ3) is 3.80. The molecule has 0 spiro atoms. The molecular weight excluding hydrogens is 384 g/mol. The molecule has 2 aromatic heterocycles. The number of aliphatic hydroxyl groups is 1. The number of carbonyl (C=O) groups is 2. The van der Waals surface area contributed by atoms with Crippen LogP contribution in [-0.2, 0) is 23.8 Å². The van der Waals surface area contributed by atoms with Gasteiger partial charge < -0.3 is 29.5 Å². The number of hydrogen-bond acceptors (Lipinski definition) is 11. The van der Waals surface area contributed by atoms with Crippen molar-refractivity contribution in [3.05, 3.63) is 6.33 Å². The number of anilines is 2. The van der Waals surface area contributed by atoms with Crippen LogP contribution in [0, 0.1) is 0 Å². The highest BCUT2D eigenvalue weighted by Crippen LogP contribution is 2.38. The van der Waals surface area contributed by atoms with Crippen LogP contribution in [0.5, 0.6) is 0 Å². The van der Waals surface area contributed by atoms with E-state index in [9.17, 15) is 14.7 Å². The van der Waals surface area contributed by atoms with Crippen molar-refractivity contribution in [1.82, 2.24) is 19.5 Å². The number of esters is 2. The Morgan fingerprint density at radius 1 is 1.24 bits per heavy atom. The molecule has 158 valence electrons. The Kier molecular flexibility index (Phi) is 5.84. The lowest BCUT2D eigenvalue weighted by Crippen LogP contribution is -2.40. The van der Waals surface area contributed by atoms with Crippen LogP contribution in [0.1, 0.15) is 20.1 Å². The summed E-state index contributed by atoms with van der Waals surface area (Å²) < 4.78 is 18.4. The van der Waals surface area contributed by atoms with Gasteiger partial charge in [-0.15, -0.1) is 0 Å². The molecule has 4 atom stereocenters. The van der Waals surface area contributed by atoms with Crippen molar-refractivity contribution < 1.29 is 28.9 Å². The Morgan fingerprint density at radius 2 is 1.90 bits per heavy atom. The molecule has 4 unspecified atom stereocenters. The maximum atomic E-state index is 11.8. The Bertz CT molecular complexity index is 915. The number of aromatic nitrogens is 4. The Balaban J connectivity index is 2.18. The number of nitrogens with one attached hydrogen (secondary N) is 1. The van der Waals surface area contributed by atoms with E-state index in [1.165, 1.54) is 20.2 Å². The second kappa shape index (κ2) is 8.17. The maximum Gasteiger partial charge on any atom is 0.303 e.